The van der Waals surface area contributed by atoms with Crippen molar-refractivity contribution in [3.63, 3.8) is 0 Å². The van der Waals surface area contributed by atoms with E-state index >= 15 is 0 Å². The van der Waals surface area contributed by atoms with Crippen LogP contribution in [0.2, 0.25) is 0 Å². The second kappa shape index (κ2) is 5.14. The van der Waals surface area contributed by atoms with E-state index in [1.807, 2.05) is 57.2 Å². The van der Waals surface area contributed by atoms with Crippen LogP contribution in [0.25, 0.3) is 0 Å². The van der Waals surface area contributed by atoms with Crippen LogP contribution in [0.1, 0.15) is 22.3 Å². The molecule has 0 bridgehead atoms. The van der Waals surface area contributed by atoms with Gasteiger partial charge in [-0.2, -0.15) is 0 Å². The van der Waals surface area contributed by atoms with E-state index in [1.54, 1.807) is 0 Å². The average molecular weight is 254 g/mol. The van der Waals surface area contributed by atoms with E-state index in [2.05, 4.69) is 0 Å². The lowest BCUT2D eigenvalue weighted by Gasteiger charge is -2.13. The predicted octanol–water partition coefficient (Wildman–Crippen LogP) is 3.69. The molecule has 0 heterocycles. The molecule has 0 radical (unpaired) electrons. The lowest BCUT2D eigenvalue weighted by molar-refractivity contribution is 0.477. The second-order valence-electron chi connectivity index (χ2n) is 4.78. The second-order valence-corrected chi connectivity index (χ2v) is 4.78. The number of rotatable bonds is 3. The molecule has 98 valence electrons. The number of nitrogens with two attached hydrogens (primary N) is 1. The van der Waals surface area contributed by atoms with E-state index in [1.165, 1.54) is 0 Å². The Morgan fingerprint density at radius 3 is 2.26 bits per heavy atom. The van der Waals surface area contributed by atoms with E-state index in [-0.39, 0.29) is 5.84 Å². The number of benzene rings is 2. The minimum atomic E-state index is 0.0176. The molecule has 0 saturated heterocycles. The molecule has 0 aromatic heterocycles. The van der Waals surface area contributed by atoms with Gasteiger partial charge in [-0.15, -0.1) is 0 Å². The van der Waals surface area contributed by atoms with Crippen molar-refractivity contribution < 1.29 is 4.74 Å². The summed E-state index contributed by atoms with van der Waals surface area (Å²) in [4.78, 5) is 0. The third-order valence-corrected chi connectivity index (χ3v) is 2.99. The van der Waals surface area contributed by atoms with Gasteiger partial charge < -0.3 is 10.5 Å². The zero-order valence-corrected chi connectivity index (χ0v) is 11.4. The fraction of sp³-hybridized carbons (Fsp3) is 0.188. The summed E-state index contributed by atoms with van der Waals surface area (Å²) in [6, 6.07) is 11.7. The van der Waals surface area contributed by atoms with Gasteiger partial charge in [-0.25, -0.2) is 0 Å². The molecule has 0 saturated carbocycles. The highest BCUT2D eigenvalue weighted by Gasteiger charge is 2.09. The fourth-order valence-corrected chi connectivity index (χ4v) is 1.88. The van der Waals surface area contributed by atoms with Crippen molar-refractivity contribution in [3.8, 4) is 11.5 Å². The van der Waals surface area contributed by atoms with Gasteiger partial charge in [0.15, 0.2) is 0 Å². The Morgan fingerprint density at radius 2 is 1.58 bits per heavy atom. The van der Waals surface area contributed by atoms with E-state index in [4.69, 9.17) is 15.9 Å². The molecule has 0 aliphatic rings. The smallest absolute Gasteiger partial charge is 0.138 e. The fourth-order valence-electron chi connectivity index (χ4n) is 1.88. The lowest BCUT2D eigenvalue weighted by Crippen LogP contribution is -2.12. The van der Waals surface area contributed by atoms with Gasteiger partial charge >= 0.3 is 0 Å². The number of amidine groups is 1. The molecular weight excluding hydrogens is 236 g/mol. The standard InChI is InChI=1S/C16H18N2O/c1-10-5-7-14(13(8-10)16(17)18)19-15-9-11(2)4-6-12(15)3/h4-9H,1-3H3,(H3,17,18). The molecule has 0 amide bonds. The Kier molecular flexibility index (Phi) is 3.56. The molecule has 0 fully saturated rings. The summed E-state index contributed by atoms with van der Waals surface area (Å²) < 4.78 is 5.92. The molecule has 2 aromatic rings. The van der Waals surface area contributed by atoms with Crippen molar-refractivity contribution in [1.29, 1.82) is 5.41 Å². The maximum absolute atomic E-state index is 7.63. The van der Waals surface area contributed by atoms with Gasteiger partial charge in [-0.3, -0.25) is 5.41 Å². The first-order valence-electron chi connectivity index (χ1n) is 6.17. The minimum Gasteiger partial charge on any atom is -0.456 e. The Bertz CT molecular complexity index is 633. The van der Waals surface area contributed by atoms with Crippen LogP contribution in [0, 0.1) is 26.2 Å². The largest absolute Gasteiger partial charge is 0.456 e. The minimum absolute atomic E-state index is 0.0176. The summed E-state index contributed by atoms with van der Waals surface area (Å²) in [6.45, 7) is 5.98. The maximum Gasteiger partial charge on any atom is 0.138 e. The van der Waals surface area contributed by atoms with Crippen LogP contribution in [0.5, 0.6) is 11.5 Å². The van der Waals surface area contributed by atoms with Crippen LogP contribution in [-0.4, -0.2) is 5.84 Å². The van der Waals surface area contributed by atoms with Gasteiger partial charge in [-0.05, 0) is 50.1 Å². The summed E-state index contributed by atoms with van der Waals surface area (Å²) in [5, 5.41) is 7.63. The molecule has 3 N–H and O–H groups in total. The van der Waals surface area contributed by atoms with Gasteiger partial charge in [-0.1, -0.05) is 23.8 Å². The molecule has 0 aliphatic carbocycles. The van der Waals surface area contributed by atoms with Crippen LogP contribution in [0.15, 0.2) is 36.4 Å². The first-order valence-corrected chi connectivity index (χ1v) is 6.17. The predicted molar refractivity (Wildman–Crippen MR) is 78.2 cm³/mol. The molecular formula is C16H18N2O. The first-order chi connectivity index (χ1) is 8.97. The average Bonchev–Trinajstić information content (AvgIpc) is 2.35. The monoisotopic (exact) mass is 254 g/mol. The zero-order valence-electron chi connectivity index (χ0n) is 11.4. The summed E-state index contributed by atoms with van der Waals surface area (Å²) in [5.41, 5.74) is 9.48. The zero-order chi connectivity index (χ0) is 14.0. The highest BCUT2D eigenvalue weighted by atomic mass is 16.5. The molecule has 0 unspecified atom stereocenters. The van der Waals surface area contributed by atoms with Crippen LogP contribution in [0.3, 0.4) is 0 Å². The highest BCUT2D eigenvalue weighted by molar-refractivity contribution is 5.97. The van der Waals surface area contributed by atoms with Crippen LogP contribution >= 0.6 is 0 Å². The van der Waals surface area contributed by atoms with Crippen molar-refractivity contribution in [1.82, 2.24) is 0 Å². The molecule has 19 heavy (non-hydrogen) atoms. The lowest BCUT2D eigenvalue weighted by atomic mass is 10.1. The van der Waals surface area contributed by atoms with E-state index < -0.39 is 0 Å². The summed E-state index contributed by atoms with van der Waals surface area (Å²) >= 11 is 0. The Balaban J connectivity index is 2.43. The number of aryl methyl sites for hydroxylation is 3. The van der Waals surface area contributed by atoms with E-state index in [0.717, 1.165) is 22.4 Å². The quantitative estimate of drug-likeness (QED) is 0.648. The number of nitrogens with one attached hydrogen (secondary N) is 1. The Morgan fingerprint density at radius 1 is 0.947 bits per heavy atom. The van der Waals surface area contributed by atoms with Crippen molar-refractivity contribution in [2.75, 3.05) is 0 Å². The Labute approximate surface area is 113 Å². The van der Waals surface area contributed by atoms with Crippen LogP contribution in [0.4, 0.5) is 0 Å². The van der Waals surface area contributed by atoms with E-state index in [0.29, 0.717) is 11.3 Å². The third kappa shape index (κ3) is 2.94. The van der Waals surface area contributed by atoms with Gasteiger partial charge in [0.1, 0.15) is 17.3 Å². The first kappa shape index (κ1) is 13.1. The number of hydrogen-bond donors (Lipinski definition) is 2. The summed E-state index contributed by atoms with van der Waals surface area (Å²) in [6.07, 6.45) is 0. The molecule has 0 atom stereocenters. The molecule has 3 nitrogen and oxygen atoms in total. The van der Waals surface area contributed by atoms with Gasteiger partial charge in [0, 0.05) is 0 Å². The topological polar surface area (TPSA) is 59.1 Å². The summed E-state index contributed by atoms with van der Waals surface area (Å²) in [5.74, 6) is 1.43. The van der Waals surface area contributed by atoms with Gasteiger partial charge in [0.05, 0.1) is 5.56 Å². The number of hydrogen-bond acceptors (Lipinski definition) is 2. The SMILES string of the molecule is Cc1ccc(C)c(Oc2ccc(C)cc2C(=N)N)c1. The van der Waals surface area contributed by atoms with Gasteiger partial charge in [0.25, 0.3) is 0 Å². The van der Waals surface area contributed by atoms with Crippen molar-refractivity contribution in [2.45, 2.75) is 20.8 Å². The molecule has 0 aliphatic heterocycles. The van der Waals surface area contributed by atoms with Crippen LogP contribution < -0.4 is 10.5 Å². The maximum atomic E-state index is 7.63. The molecule has 0 spiro atoms. The number of ether oxygens (including phenoxy) is 1. The third-order valence-electron chi connectivity index (χ3n) is 2.99. The van der Waals surface area contributed by atoms with Gasteiger partial charge in [0.2, 0.25) is 0 Å². The highest BCUT2D eigenvalue weighted by Crippen LogP contribution is 2.29. The van der Waals surface area contributed by atoms with Crippen molar-refractivity contribution >= 4 is 5.84 Å². The molecule has 2 rings (SSSR count). The van der Waals surface area contributed by atoms with Crippen LogP contribution in [-0.2, 0) is 0 Å². The molecule has 2 aromatic carbocycles. The number of nitrogen functional groups attached to an aromatic ring is 1. The molecule has 3 heteroatoms. The summed E-state index contributed by atoms with van der Waals surface area (Å²) in [7, 11) is 0. The van der Waals surface area contributed by atoms with Crippen molar-refractivity contribution in [3.05, 3.63) is 58.7 Å². The van der Waals surface area contributed by atoms with E-state index in [9.17, 15) is 0 Å². The normalized spacial score (nSPS) is 10.3. The van der Waals surface area contributed by atoms with Crippen molar-refractivity contribution in [2.24, 2.45) is 5.73 Å². The Hall–Kier alpha value is -2.29.